The van der Waals surface area contributed by atoms with Crippen LogP contribution in [-0.2, 0) is 13.1 Å². The molecule has 0 aromatic carbocycles. The predicted molar refractivity (Wildman–Crippen MR) is 54.8 cm³/mol. The van der Waals surface area contributed by atoms with Crippen molar-refractivity contribution in [2.45, 2.75) is 51.6 Å². The topological polar surface area (TPSA) is 56.7 Å². The highest BCUT2D eigenvalue weighted by molar-refractivity contribution is 5.20. The van der Waals surface area contributed by atoms with Crippen molar-refractivity contribution < 1.29 is 0 Å². The Labute approximate surface area is 84.5 Å². The normalized spacial score (nSPS) is 16.1. The highest BCUT2D eigenvalue weighted by Crippen LogP contribution is 2.41. The molecule has 0 saturated heterocycles. The standard InChI is InChI=1S/C10H18N4/c1-2-3-6-14-10(8-4-5-8)9(7-11)12-13-14/h8H,2-7,11H2,1H3. The van der Waals surface area contributed by atoms with Crippen molar-refractivity contribution in [1.29, 1.82) is 0 Å². The first-order valence-electron chi connectivity index (χ1n) is 5.49. The lowest BCUT2D eigenvalue weighted by atomic mass is 10.2. The lowest BCUT2D eigenvalue weighted by molar-refractivity contribution is 0.533. The third kappa shape index (κ3) is 1.80. The van der Waals surface area contributed by atoms with Crippen LogP contribution < -0.4 is 5.73 Å². The molecule has 78 valence electrons. The molecule has 1 aromatic heterocycles. The zero-order chi connectivity index (χ0) is 9.97. The molecular formula is C10H18N4. The highest BCUT2D eigenvalue weighted by Gasteiger charge is 2.30. The van der Waals surface area contributed by atoms with Gasteiger partial charge in [0.1, 0.15) is 0 Å². The van der Waals surface area contributed by atoms with Crippen LogP contribution in [0.4, 0.5) is 0 Å². The second kappa shape index (κ2) is 4.09. The molecule has 2 N–H and O–H groups in total. The fourth-order valence-electron chi connectivity index (χ4n) is 1.78. The fraction of sp³-hybridized carbons (Fsp3) is 0.800. The van der Waals surface area contributed by atoms with Crippen molar-refractivity contribution in [2.24, 2.45) is 5.73 Å². The quantitative estimate of drug-likeness (QED) is 0.771. The summed E-state index contributed by atoms with van der Waals surface area (Å²) in [7, 11) is 0. The summed E-state index contributed by atoms with van der Waals surface area (Å²) in [5.41, 5.74) is 7.95. The van der Waals surface area contributed by atoms with Gasteiger partial charge < -0.3 is 5.73 Å². The molecule has 1 aromatic rings. The molecule has 0 spiro atoms. The van der Waals surface area contributed by atoms with Gasteiger partial charge in [0.25, 0.3) is 0 Å². The van der Waals surface area contributed by atoms with E-state index in [4.69, 9.17) is 5.73 Å². The first-order chi connectivity index (χ1) is 6.86. The summed E-state index contributed by atoms with van der Waals surface area (Å²) in [6.45, 7) is 3.71. The molecular weight excluding hydrogens is 176 g/mol. The van der Waals surface area contributed by atoms with Gasteiger partial charge in [-0.2, -0.15) is 0 Å². The van der Waals surface area contributed by atoms with Crippen LogP contribution in [0.15, 0.2) is 0 Å². The van der Waals surface area contributed by atoms with E-state index in [0.29, 0.717) is 12.5 Å². The minimum absolute atomic E-state index is 0.526. The molecule has 0 radical (unpaired) electrons. The molecule has 4 heteroatoms. The molecule has 1 aliphatic carbocycles. The van der Waals surface area contributed by atoms with Crippen LogP contribution >= 0.6 is 0 Å². The number of aryl methyl sites for hydroxylation is 1. The van der Waals surface area contributed by atoms with Crippen molar-refractivity contribution >= 4 is 0 Å². The molecule has 0 aliphatic heterocycles. The average molecular weight is 194 g/mol. The first-order valence-corrected chi connectivity index (χ1v) is 5.49. The van der Waals surface area contributed by atoms with Crippen LogP contribution in [0.2, 0.25) is 0 Å². The Balaban J connectivity index is 2.16. The van der Waals surface area contributed by atoms with Crippen molar-refractivity contribution in [3.63, 3.8) is 0 Å². The number of unbranched alkanes of at least 4 members (excludes halogenated alkanes) is 1. The third-order valence-corrected chi connectivity index (χ3v) is 2.73. The van der Waals surface area contributed by atoms with Gasteiger partial charge >= 0.3 is 0 Å². The van der Waals surface area contributed by atoms with Crippen molar-refractivity contribution in [2.75, 3.05) is 0 Å². The number of aromatic nitrogens is 3. The Hall–Kier alpha value is -0.900. The van der Waals surface area contributed by atoms with E-state index in [-0.39, 0.29) is 0 Å². The van der Waals surface area contributed by atoms with E-state index in [9.17, 15) is 0 Å². The van der Waals surface area contributed by atoms with Crippen molar-refractivity contribution in [1.82, 2.24) is 15.0 Å². The van der Waals surface area contributed by atoms with Crippen LogP contribution in [0.5, 0.6) is 0 Å². The van der Waals surface area contributed by atoms with Crippen LogP contribution in [0.3, 0.4) is 0 Å². The van der Waals surface area contributed by atoms with Gasteiger partial charge in [-0.1, -0.05) is 18.6 Å². The molecule has 0 amide bonds. The summed E-state index contributed by atoms with van der Waals surface area (Å²) in [6, 6.07) is 0. The summed E-state index contributed by atoms with van der Waals surface area (Å²) in [4.78, 5) is 0. The molecule has 1 fully saturated rings. The van der Waals surface area contributed by atoms with Gasteiger partial charge in [0.05, 0.1) is 11.4 Å². The smallest absolute Gasteiger partial charge is 0.0997 e. The summed E-state index contributed by atoms with van der Waals surface area (Å²) in [5, 5.41) is 8.31. The van der Waals surface area contributed by atoms with E-state index in [1.165, 1.54) is 31.4 Å². The largest absolute Gasteiger partial charge is 0.325 e. The Morgan fingerprint density at radius 1 is 1.50 bits per heavy atom. The van der Waals surface area contributed by atoms with E-state index in [0.717, 1.165) is 12.2 Å². The second-order valence-electron chi connectivity index (χ2n) is 3.98. The number of nitrogens with two attached hydrogens (primary N) is 1. The maximum Gasteiger partial charge on any atom is 0.0997 e. The van der Waals surface area contributed by atoms with Crippen molar-refractivity contribution in [3.8, 4) is 0 Å². The van der Waals surface area contributed by atoms with Gasteiger partial charge in [0, 0.05) is 19.0 Å². The van der Waals surface area contributed by atoms with Gasteiger partial charge in [-0.25, -0.2) is 4.68 Å². The molecule has 14 heavy (non-hydrogen) atoms. The number of rotatable bonds is 5. The Bertz CT molecular complexity index is 301. The van der Waals surface area contributed by atoms with E-state index >= 15 is 0 Å². The van der Waals surface area contributed by atoms with Gasteiger partial charge in [0.2, 0.25) is 0 Å². The molecule has 4 nitrogen and oxygen atoms in total. The Morgan fingerprint density at radius 2 is 2.29 bits per heavy atom. The molecule has 1 aliphatic rings. The lowest BCUT2D eigenvalue weighted by Crippen LogP contribution is -2.07. The van der Waals surface area contributed by atoms with Gasteiger partial charge in [-0.3, -0.25) is 0 Å². The highest BCUT2D eigenvalue weighted by atomic mass is 15.4. The monoisotopic (exact) mass is 194 g/mol. The zero-order valence-electron chi connectivity index (χ0n) is 8.74. The van der Waals surface area contributed by atoms with Gasteiger partial charge in [0.15, 0.2) is 0 Å². The fourth-order valence-corrected chi connectivity index (χ4v) is 1.78. The van der Waals surface area contributed by atoms with E-state index in [1.54, 1.807) is 0 Å². The van der Waals surface area contributed by atoms with Crippen molar-refractivity contribution in [3.05, 3.63) is 11.4 Å². The average Bonchev–Trinajstić information content (AvgIpc) is 2.96. The maximum atomic E-state index is 5.64. The Kier molecular flexibility index (Phi) is 2.82. The lowest BCUT2D eigenvalue weighted by Gasteiger charge is -2.04. The number of nitrogens with zero attached hydrogens (tertiary/aromatic N) is 3. The Morgan fingerprint density at radius 3 is 2.86 bits per heavy atom. The molecule has 1 saturated carbocycles. The first kappa shape index (κ1) is 9.65. The van der Waals surface area contributed by atoms with Crippen LogP contribution in [0, 0.1) is 0 Å². The molecule has 0 atom stereocenters. The second-order valence-corrected chi connectivity index (χ2v) is 3.98. The van der Waals surface area contributed by atoms with E-state index in [1.807, 2.05) is 0 Å². The molecule has 1 heterocycles. The number of hydrogen-bond acceptors (Lipinski definition) is 3. The number of hydrogen-bond donors (Lipinski definition) is 1. The van der Waals surface area contributed by atoms with Gasteiger partial charge in [-0.15, -0.1) is 5.10 Å². The van der Waals surface area contributed by atoms with Crippen LogP contribution in [0.1, 0.15) is 49.9 Å². The van der Waals surface area contributed by atoms with E-state index < -0.39 is 0 Å². The summed E-state index contributed by atoms with van der Waals surface area (Å²) >= 11 is 0. The molecule has 0 unspecified atom stereocenters. The zero-order valence-corrected chi connectivity index (χ0v) is 8.74. The molecule has 0 bridgehead atoms. The summed E-state index contributed by atoms with van der Waals surface area (Å²) < 4.78 is 2.06. The van der Waals surface area contributed by atoms with Gasteiger partial charge in [-0.05, 0) is 19.3 Å². The van der Waals surface area contributed by atoms with E-state index in [2.05, 4.69) is 21.9 Å². The maximum absolute atomic E-state index is 5.64. The molecule has 2 rings (SSSR count). The minimum Gasteiger partial charge on any atom is -0.325 e. The summed E-state index contributed by atoms with van der Waals surface area (Å²) in [5.74, 6) is 0.695. The van der Waals surface area contributed by atoms with Crippen LogP contribution in [-0.4, -0.2) is 15.0 Å². The summed E-state index contributed by atoms with van der Waals surface area (Å²) in [6.07, 6.45) is 4.94. The van der Waals surface area contributed by atoms with Crippen LogP contribution in [0.25, 0.3) is 0 Å². The predicted octanol–water partition coefficient (Wildman–Crippen LogP) is 1.41. The SMILES string of the molecule is CCCCn1nnc(CN)c1C1CC1. The third-order valence-electron chi connectivity index (χ3n) is 2.73. The minimum atomic E-state index is 0.526.